The van der Waals surface area contributed by atoms with E-state index in [1.165, 1.54) is 6.07 Å². The Bertz CT molecular complexity index is 284. The van der Waals surface area contributed by atoms with E-state index in [9.17, 15) is 4.39 Å². The molecule has 1 aromatic carbocycles. The molecule has 0 N–H and O–H groups in total. The molecule has 0 aliphatic heterocycles. The monoisotopic (exact) mass is 202 g/mol. The second kappa shape index (κ2) is 3.54. The number of hydrogen-bond acceptors (Lipinski definition) is 1. The molecule has 0 saturated carbocycles. The SMILES string of the molecule is CC(C)(C)Oc1c(F)cccc1Cl. The van der Waals surface area contributed by atoms with E-state index >= 15 is 0 Å². The van der Waals surface area contributed by atoms with E-state index < -0.39 is 11.4 Å². The number of halogens is 2. The smallest absolute Gasteiger partial charge is 0.174 e. The highest BCUT2D eigenvalue weighted by Gasteiger charge is 2.17. The van der Waals surface area contributed by atoms with Crippen molar-refractivity contribution in [2.45, 2.75) is 26.4 Å². The molecule has 1 rings (SSSR count). The number of ether oxygens (including phenoxy) is 1. The molecule has 0 aliphatic carbocycles. The first kappa shape index (κ1) is 10.3. The molecule has 3 heteroatoms. The van der Waals surface area contributed by atoms with Crippen LogP contribution < -0.4 is 4.74 Å². The first-order valence-electron chi connectivity index (χ1n) is 4.03. The molecule has 0 atom stereocenters. The van der Waals surface area contributed by atoms with Gasteiger partial charge in [0.05, 0.1) is 5.02 Å². The molecule has 0 aliphatic rings. The summed E-state index contributed by atoms with van der Waals surface area (Å²) in [5.74, 6) is -0.306. The molecule has 72 valence electrons. The lowest BCUT2D eigenvalue weighted by molar-refractivity contribution is 0.124. The van der Waals surface area contributed by atoms with E-state index in [2.05, 4.69) is 0 Å². The van der Waals surface area contributed by atoms with Crippen molar-refractivity contribution < 1.29 is 9.13 Å². The third-order valence-electron chi connectivity index (χ3n) is 1.33. The van der Waals surface area contributed by atoms with Crippen LogP contribution in [0.15, 0.2) is 18.2 Å². The Morgan fingerprint density at radius 1 is 1.31 bits per heavy atom. The zero-order valence-electron chi connectivity index (χ0n) is 7.90. The lowest BCUT2D eigenvalue weighted by Crippen LogP contribution is -2.23. The third kappa shape index (κ3) is 2.88. The summed E-state index contributed by atoms with van der Waals surface area (Å²) < 4.78 is 18.5. The zero-order valence-corrected chi connectivity index (χ0v) is 8.65. The fourth-order valence-corrected chi connectivity index (χ4v) is 1.09. The Balaban J connectivity index is 3.00. The second-order valence-electron chi connectivity index (χ2n) is 3.77. The van der Waals surface area contributed by atoms with Crippen LogP contribution in [0.2, 0.25) is 5.02 Å². The number of benzene rings is 1. The van der Waals surface area contributed by atoms with Crippen molar-refractivity contribution in [2.24, 2.45) is 0 Å². The minimum absolute atomic E-state index is 0.122. The van der Waals surface area contributed by atoms with Crippen molar-refractivity contribution in [3.63, 3.8) is 0 Å². The summed E-state index contributed by atoms with van der Waals surface area (Å²) in [4.78, 5) is 0. The average Bonchev–Trinajstić information content (AvgIpc) is 1.95. The van der Waals surface area contributed by atoms with Gasteiger partial charge in [0.15, 0.2) is 11.6 Å². The van der Waals surface area contributed by atoms with E-state index in [4.69, 9.17) is 16.3 Å². The Morgan fingerprint density at radius 2 is 1.92 bits per heavy atom. The first-order chi connectivity index (χ1) is 5.90. The van der Waals surface area contributed by atoms with Gasteiger partial charge in [-0.25, -0.2) is 4.39 Å². The zero-order chi connectivity index (χ0) is 10.1. The molecule has 0 radical (unpaired) electrons. The Labute approximate surface area is 82.5 Å². The molecule has 1 nitrogen and oxygen atoms in total. The lowest BCUT2D eigenvalue weighted by Gasteiger charge is -2.22. The van der Waals surface area contributed by atoms with E-state index in [0.717, 1.165) is 0 Å². The maximum Gasteiger partial charge on any atom is 0.174 e. The molecule has 0 unspecified atom stereocenters. The number of rotatable bonds is 1. The molecule has 0 bridgehead atoms. The minimum Gasteiger partial charge on any atom is -0.484 e. The summed E-state index contributed by atoms with van der Waals surface area (Å²) in [7, 11) is 0. The standard InChI is InChI=1S/C10H12ClFO/c1-10(2,3)13-9-7(11)5-4-6-8(9)12/h4-6H,1-3H3. The maximum atomic E-state index is 13.2. The van der Waals surface area contributed by atoms with Gasteiger partial charge < -0.3 is 4.74 Å². The molecule has 0 aromatic heterocycles. The molecular weight excluding hydrogens is 191 g/mol. The van der Waals surface area contributed by atoms with Crippen molar-refractivity contribution >= 4 is 11.6 Å². The molecule has 13 heavy (non-hydrogen) atoms. The summed E-state index contributed by atoms with van der Waals surface area (Å²) in [5, 5.41) is 0.301. The normalized spacial score (nSPS) is 11.5. The van der Waals surface area contributed by atoms with Crippen molar-refractivity contribution in [3.8, 4) is 5.75 Å². The molecule has 0 heterocycles. The molecule has 0 spiro atoms. The van der Waals surface area contributed by atoms with Gasteiger partial charge in [-0.15, -0.1) is 0 Å². The summed E-state index contributed by atoms with van der Waals surface area (Å²) in [5.41, 5.74) is -0.439. The maximum absolute atomic E-state index is 13.2. The summed E-state index contributed by atoms with van der Waals surface area (Å²) >= 11 is 5.77. The van der Waals surface area contributed by atoms with Crippen LogP contribution >= 0.6 is 11.6 Å². The van der Waals surface area contributed by atoms with Crippen LogP contribution in [-0.4, -0.2) is 5.60 Å². The van der Waals surface area contributed by atoms with E-state index in [0.29, 0.717) is 5.02 Å². The highest BCUT2D eigenvalue weighted by atomic mass is 35.5. The van der Waals surface area contributed by atoms with E-state index in [1.807, 2.05) is 20.8 Å². The summed E-state index contributed by atoms with van der Waals surface area (Å²) in [6.45, 7) is 5.53. The van der Waals surface area contributed by atoms with Crippen molar-refractivity contribution in [3.05, 3.63) is 29.0 Å². The predicted octanol–water partition coefficient (Wildman–Crippen LogP) is 3.66. The van der Waals surface area contributed by atoms with Crippen LogP contribution in [0.1, 0.15) is 20.8 Å². The highest BCUT2D eigenvalue weighted by molar-refractivity contribution is 6.32. The van der Waals surface area contributed by atoms with Gasteiger partial charge in [-0.2, -0.15) is 0 Å². The van der Waals surface area contributed by atoms with Gasteiger partial charge in [0.2, 0.25) is 0 Å². The molecule has 0 amide bonds. The van der Waals surface area contributed by atoms with Crippen LogP contribution in [0, 0.1) is 5.82 Å². The summed E-state index contributed by atoms with van der Waals surface area (Å²) in [6, 6.07) is 4.48. The van der Waals surface area contributed by atoms with Gasteiger partial charge in [-0.3, -0.25) is 0 Å². The van der Waals surface area contributed by atoms with Crippen molar-refractivity contribution in [1.82, 2.24) is 0 Å². The predicted molar refractivity (Wildman–Crippen MR) is 51.8 cm³/mol. The van der Waals surface area contributed by atoms with Crippen LogP contribution in [0.25, 0.3) is 0 Å². The van der Waals surface area contributed by atoms with Crippen molar-refractivity contribution in [2.75, 3.05) is 0 Å². The fraction of sp³-hybridized carbons (Fsp3) is 0.400. The fourth-order valence-electron chi connectivity index (χ4n) is 0.886. The average molecular weight is 203 g/mol. The van der Waals surface area contributed by atoms with E-state index in [1.54, 1.807) is 12.1 Å². The minimum atomic E-state index is -0.439. The van der Waals surface area contributed by atoms with Gasteiger partial charge >= 0.3 is 0 Å². The number of hydrogen-bond donors (Lipinski definition) is 0. The Hall–Kier alpha value is -0.760. The van der Waals surface area contributed by atoms with Gasteiger partial charge in [-0.05, 0) is 32.9 Å². The van der Waals surface area contributed by atoms with Crippen LogP contribution in [-0.2, 0) is 0 Å². The van der Waals surface area contributed by atoms with Crippen LogP contribution in [0.4, 0.5) is 4.39 Å². The largest absolute Gasteiger partial charge is 0.484 e. The second-order valence-corrected chi connectivity index (χ2v) is 4.17. The van der Waals surface area contributed by atoms with Crippen LogP contribution in [0.5, 0.6) is 5.75 Å². The third-order valence-corrected chi connectivity index (χ3v) is 1.62. The van der Waals surface area contributed by atoms with Gasteiger partial charge in [0.25, 0.3) is 0 Å². The molecule has 0 saturated heterocycles. The molecule has 0 fully saturated rings. The van der Waals surface area contributed by atoms with Gasteiger partial charge in [0.1, 0.15) is 5.60 Å². The van der Waals surface area contributed by atoms with Crippen LogP contribution in [0.3, 0.4) is 0 Å². The molecular formula is C10H12ClFO. The lowest BCUT2D eigenvalue weighted by atomic mass is 10.2. The summed E-state index contributed by atoms with van der Waals surface area (Å²) in [6.07, 6.45) is 0. The topological polar surface area (TPSA) is 9.23 Å². The number of para-hydroxylation sites is 1. The Kier molecular flexibility index (Phi) is 2.81. The van der Waals surface area contributed by atoms with Gasteiger partial charge in [-0.1, -0.05) is 17.7 Å². The van der Waals surface area contributed by atoms with Crippen molar-refractivity contribution in [1.29, 1.82) is 0 Å². The van der Waals surface area contributed by atoms with Gasteiger partial charge in [0, 0.05) is 0 Å². The quantitative estimate of drug-likeness (QED) is 0.676. The Morgan fingerprint density at radius 3 is 2.38 bits per heavy atom. The highest BCUT2D eigenvalue weighted by Crippen LogP contribution is 2.30. The molecule has 1 aromatic rings. The first-order valence-corrected chi connectivity index (χ1v) is 4.41. The van der Waals surface area contributed by atoms with E-state index in [-0.39, 0.29) is 5.75 Å².